The Morgan fingerprint density at radius 3 is 2.20 bits per heavy atom. The second-order valence-corrected chi connectivity index (χ2v) is 2.38. The Labute approximate surface area is 59.5 Å². The number of carboxylic acids is 1. The Kier molecular flexibility index (Phi) is 6.29. The summed E-state index contributed by atoms with van der Waals surface area (Å²) in [5.41, 5.74) is 0. The molecule has 0 spiro atoms. The van der Waals surface area contributed by atoms with Gasteiger partial charge < -0.3 is 16.1 Å². The molecule has 0 radical (unpaired) electrons. The normalized spacial score (nSPS) is 14.8. The van der Waals surface area contributed by atoms with Crippen molar-refractivity contribution in [2.24, 2.45) is 5.92 Å². The first-order valence-corrected chi connectivity index (χ1v) is 3.01. The quantitative estimate of drug-likeness (QED) is 0.592. The van der Waals surface area contributed by atoms with E-state index >= 15 is 0 Å². The molecule has 4 nitrogen and oxygen atoms in total. The lowest BCUT2D eigenvalue weighted by molar-refractivity contribution is -0.137. The first kappa shape index (κ1) is 12.1. The monoisotopic (exact) mass is 150 g/mol. The molecule has 0 unspecified atom stereocenters. The standard InChI is InChI=1S/C6H10O2.2H2O/c7-6(8)4-3-5-1-2-5;;/h5H,1-4H2,(H,7,8);2*1H2. The zero-order valence-corrected chi connectivity index (χ0v) is 5.76. The van der Waals surface area contributed by atoms with Crippen LogP contribution in [0.2, 0.25) is 0 Å². The highest BCUT2D eigenvalue weighted by atomic mass is 16.4. The van der Waals surface area contributed by atoms with Crippen LogP contribution in [0.15, 0.2) is 0 Å². The Balaban J connectivity index is 0. The highest BCUT2D eigenvalue weighted by Crippen LogP contribution is 2.33. The molecule has 1 fully saturated rings. The molecular weight excluding hydrogens is 136 g/mol. The predicted molar refractivity (Wildman–Crippen MR) is 36.8 cm³/mol. The molecule has 62 valence electrons. The van der Waals surface area contributed by atoms with Gasteiger partial charge in [0, 0.05) is 6.42 Å². The lowest BCUT2D eigenvalue weighted by Crippen LogP contribution is -1.93. The molecule has 10 heavy (non-hydrogen) atoms. The molecule has 1 rings (SSSR count). The summed E-state index contributed by atoms with van der Waals surface area (Å²) in [6.07, 6.45) is 3.78. The van der Waals surface area contributed by atoms with Crippen LogP contribution in [0.4, 0.5) is 0 Å². The van der Waals surface area contributed by atoms with Crippen molar-refractivity contribution >= 4 is 5.97 Å². The fourth-order valence-electron chi connectivity index (χ4n) is 0.734. The molecule has 4 heteroatoms. The molecule has 0 atom stereocenters. The van der Waals surface area contributed by atoms with Crippen LogP contribution < -0.4 is 0 Å². The van der Waals surface area contributed by atoms with E-state index in [2.05, 4.69) is 0 Å². The lowest BCUT2D eigenvalue weighted by Gasteiger charge is -1.87. The molecule has 1 aliphatic rings. The number of aliphatic carboxylic acids is 1. The fourth-order valence-corrected chi connectivity index (χ4v) is 0.734. The van der Waals surface area contributed by atoms with Crippen LogP contribution in [-0.2, 0) is 4.79 Å². The summed E-state index contributed by atoms with van der Waals surface area (Å²) in [7, 11) is 0. The van der Waals surface area contributed by atoms with Crippen LogP contribution in [0.5, 0.6) is 0 Å². The summed E-state index contributed by atoms with van der Waals surface area (Å²) in [6.45, 7) is 0. The van der Waals surface area contributed by atoms with Crippen molar-refractivity contribution in [3.8, 4) is 0 Å². The van der Waals surface area contributed by atoms with Gasteiger partial charge in [-0.15, -0.1) is 0 Å². The second-order valence-electron chi connectivity index (χ2n) is 2.38. The summed E-state index contributed by atoms with van der Waals surface area (Å²) >= 11 is 0. The van der Waals surface area contributed by atoms with Crippen LogP contribution in [-0.4, -0.2) is 22.0 Å². The van der Waals surface area contributed by atoms with Crippen molar-refractivity contribution in [1.29, 1.82) is 0 Å². The molecule has 5 N–H and O–H groups in total. The third-order valence-corrected chi connectivity index (χ3v) is 1.46. The highest BCUT2D eigenvalue weighted by Gasteiger charge is 2.21. The predicted octanol–water partition coefficient (Wildman–Crippen LogP) is -0.388. The van der Waals surface area contributed by atoms with Gasteiger partial charge in [-0.2, -0.15) is 0 Å². The van der Waals surface area contributed by atoms with Crippen LogP contribution in [0, 0.1) is 5.92 Å². The number of carbonyl (C=O) groups is 1. The van der Waals surface area contributed by atoms with Crippen LogP contribution in [0.1, 0.15) is 25.7 Å². The maximum absolute atomic E-state index is 9.93. The smallest absolute Gasteiger partial charge is 0.303 e. The Morgan fingerprint density at radius 1 is 1.40 bits per heavy atom. The minimum absolute atomic E-state index is 0. The molecular formula is C6H14O4. The van der Waals surface area contributed by atoms with E-state index in [1.54, 1.807) is 0 Å². The van der Waals surface area contributed by atoms with E-state index in [0.717, 1.165) is 12.3 Å². The number of rotatable bonds is 3. The van der Waals surface area contributed by atoms with Crippen molar-refractivity contribution in [1.82, 2.24) is 0 Å². The van der Waals surface area contributed by atoms with E-state index in [1.807, 2.05) is 0 Å². The Hall–Kier alpha value is -0.610. The molecule has 1 saturated carbocycles. The molecule has 0 aromatic heterocycles. The van der Waals surface area contributed by atoms with Gasteiger partial charge in [-0.25, -0.2) is 0 Å². The molecule has 0 saturated heterocycles. The van der Waals surface area contributed by atoms with Gasteiger partial charge in [0.15, 0.2) is 0 Å². The molecule has 0 bridgehead atoms. The minimum Gasteiger partial charge on any atom is -0.481 e. The molecule has 0 aromatic carbocycles. The van der Waals surface area contributed by atoms with Crippen molar-refractivity contribution < 1.29 is 20.9 Å². The number of hydrogen-bond acceptors (Lipinski definition) is 1. The van der Waals surface area contributed by atoms with Crippen molar-refractivity contribution in [2.45, 2.75) is 25.7 Å². The Bertz CT molecular complexity index is 97.9. The van der Waals surface area contributed by atoms with E-state index < -0.39 is 5.97 Å². The topological polar surface area (TPSA) is 100 Å². The van der Waals surface area contributed by atoms with Crippen LogP contribution >= 0.6 is 0 Å². The third-order valence-electron chi connectivity index (χ3n) is 1.46. The summed E-state index contributed by atoms with van der Waals surface area (Å²) in [5, 5.41) is 8.19. The average Bonchev–Trinajstić information content (AvgIpc) is 2.41. The average molecular weight is 150 g/mol. The van der Waals surface area contributed by atoms with E-state index in [0.29, 0.717) is 6.42 Å². The van der Waals surface area contributed by atoms with Gasteiger partial charge in [-0.1, -0.05) is 12.8 Å². The maximum Gasteiger partial charge on any atom is 0.303 e. The summed E-state index contributed by atoms with van der Waals surface area (Å²) in [5.74, 6) is 0.100. The fraction of sp³-hybridized carbons (Fsp3) is 0.833. The lowest BCUT2D eigenvalue weighted by atomic mass is 10.2. The number of carboxylic acid groups (broad SMARTS) is 1. The van der Waals surface area contributed by atoms with E-state index in [9.17, 15) is 4.79 Å². The van der Waals surface area contributed by atoms with Gasteiger partial charge in [-0.05, 0) is 12.3 Å². The molecule has 0 heterocycles. The van der Waals surface area contributed by atoms with Gasteiger partial charge in [0.2, 0.25) is 0 Å². The zero-order chi connectivity index (χ0) is 5.98. The molecule has 0 amide bonds. The van der Waals surface area contributed by atoms with E-state index in [-0.39, 0.29) is 11.0 Å². The first-order chi connectivity index (χ1) is 3.79. The van der Waals surface area contributed by atoms with Crippen LogP contribution in [0.3, 0.4) is 0 Å². The van der Waals surface area contributed by atoms with E-state index in [4.69, 9.17) is 5.11 Å². The summed E-state index contributed by atoms with van der Waals surface area (Å²) < 4.78 is 0. The number of hydrogen-bond donors (Lipinski definition) is 1. The zero-order valence-electron chi connectivity index (χ0n) is 5.76. The van der Waals surface area contributed by atoms with E-state index in [1.165, 1.54) is 12.8 Å². The van der Waals surface area contributed by atoms with Gasteiger partial charge >= 0.3 is 5.97 Å². The summed E-state index contributed by atoms with van der Waals surface area (Å²) in [4.78, 5) is 9.93. The molecule has 1 aliphatic carbocycles. The first-order valence-electron chi connectivity index (χ1n) is 3.01. The van der Waals surface area contributed by atoms with Gasteiger partial charge in [0.25, 0.3) is 0 Å². The Morgan fingerprint density at radius 2 is 1.90 bits per heavy atom. The summed E-state index contributed by atoms with van der Waals surface area (Å²) in [6, 6.07) is 0. The van der Waals surface area contributed by atoms with Crippen molar-refractivity contribution in [3.05, 3.63) is 0 Å². The molecule has 0 aromatic rings. The molecule has 0 aliphatic heterocycles. The van der Waals surface area contributed by atoms with Crippen molar-refractivity contribution in [3.63, 3.8) is 0 Å². The maximum atomic E-state index is 9.93. The van der Waals surface area contributed by atoms with Gasteiger partial charge in [-0.3, -0.25) is 4.79 Å². The highest BCUT2D eigenvalue weighted by molar-refractivity contribution is 5.66. The van der Waals surface area contributed by atoms with Gasteiger partial charge in [0.05, 0.1) is 0 Å². The minimum atomic E-state index is -0.656. The van der Waals surface area contributed by atoms with Gasteiger partial charge in [0.1, 0.15) is 0 Å². The van der Waals surface area contributed by atoms with Crippen molar-refractivity contribution in [2.75, 3.05) is 0 Å². The third kappa shape index (κ3) is 5.53. The van der Waals surface area contributed by atoms with Crippen LogP contribution in [0.25, 0.3) is 0 Å². The largest absolute Gasteiger partial charge is 0.481 e. The SMILES string of the molecule is O.O.O=C(O)CCC1CC1. The second kappa shape index (κ2) is 5.20.